The second-order valence-corrected chi connectivity index (χ2v) is 4.77. The number of rotatable bonds is 5. The third-order valence-electron chi connectivity index (χ3n) is 2.98. The molecule has 1 aliphatic heterocycles. The minimum Gasteiger partial charge on any atom is -0.481 e. The van der Waals surface area contributed by atoms with Crippen molar-refractivity contribution in [1.29, 1.82) is 0 Å². The zero-order valence-electron chi connectivity index (χ0n) is 10.7. The molecule has 1 saturated heterocycles. The third-order valence-corrected chi connectivity index (χ3v) is 3.29. The lowest BCUT2D eigenvalue weighted by atomic mass is 10.1. The van der Waals surface area contributed by atoms with E-state index in [0.29, 0.717) is 5.69 Å². The van der Waals surface area contributed by atoms with Gasteiger partial charge in [0, 0.05) is 18.6 Å². The van der Waals surface area contributed by atoms with Crippen molar-refractivity contribution in [2.75, 3.05) is 4.90 Å². The van der Waals surface area contributed by atoms with Crippen molar-refractivity contribution >= 4 is 40.6 Å². The lowest BCUT2D eigenvalue weighted by Gasteiger charge is -2.14. The molecule has 0 spiro atoms. The van der Waals surface area contributed by atoms with Gasteiger partial charge in [-0.2, -0.15) is 0 Å². The summed E-state index contributed by atoms with van der Waals surface area (Å²) in [5.74, 6) is -1.36. The van der Waals surface area contributed by atoms with Crippen LogP contribution >= 0.6 is 12.2 Å². The van der Waals surface area contributed by atoms with Gasteiger partial charge in [-0.05, 0) is 30.8 Å². The van der Waals surface area contributed by atoms with Crippen molar-refractivity contribution in [2.45, 2.75) is 18.9 Å². The molecule has 110 valence electrons. The first-order valence-corrected chi connectivity index (χ1v) is 6.41. The number of carbonyl (C=O) groups excluding carboxylic acids is 1. The van der Waals surface area contributed by atoms with Gasteiger partial charge in [-0.15, -0.1) is 0 Å². The number of carboxylic acid groups (broad SMARTS) is 1. The number of anilines is 1. The summed E-state index contributed by atoms with van der Waals surface area (Å²) in [6.07, 6.45) is -0.0299. The predicted octanol–water partition coefficient (Wildman–Crippen LogP) is 1.05. The summed E-state index contributed by atoms with van der Waals surface area (Å²) in [7, 11) is 0. The highest BCUT2D eigenvalue weighted by molar-refractivity contribution is 7.80. The van der Waals surface area contributed by atoms with E-state index in [1.807, 2.05) is 0 Å². The fourth-order valence-corrected chi connectivity index (χ4v) is 2.30. The van der Waals surface area contributed by atoms with E-state index in [4.69, 9.17) is 17.3 Å². The number of thiocarbonyl (C=S) groups is 1. The number of nitrogens with one attached hydrogen (secondary N) is 1. The van der Waals surface area contributed by atoms with E-state index in [-0.39, 0.29) is 29.5 Å². The highest BCUT2D eigenvalue weighted by Crippen LogP contribution is 2.23. The van der Waals surface area contributed by atoms with E-state index in [2.05, 4.69) is 5.32 Å². The monoisotopic (exact) mass is 309 g/mol. The van der Waals surface area contributed by atoms with Crippen molar-refractivity contribution in [2.24, 2.45) is 0 Å². The number of carboxylic acids is 1. The van der Waals surface area contributed by atoms with Gasteiger partial charge in [0.15, 0.2) is 5.11 Å². The maximum atomic E-state index is 12.2. The van der Waals surface area contributed by atoms with E-state index in [1.54, 1.807) is 0 Å². The summed E-state index contributed by atoms with van der Waals surface area (Å²) in [5.41, 5.74) is 0.313. The van der Waals surface area contributed by atoms with E-state index in [9.17, 15) is 19.7 Å². The molecule has 0 aromatic heterocycles. The molecular formula is C12H11N3O5S. The third kappa shape index (κ3) is 3.14. The molecule has 1 atom stereocenters. The molecule has 1 aromatic rings. The Morgan fingerprint density at radius 1 is 1.43 bits per heavy atom. The van der Waals surface area contributed by atoms with Crippen molar-refractivity contribution in [1.82, 2.24) is 5.32 Å². The Balaban J connectivity index is 2.16. The number of hydrogen-bond acceptors (Lipinski definition) is 5. The quantitative estimate of drug-likeness (QED) is 0.475. The largest absolute Gasteiger partial charge is 0.481 e. The van der Waals surface area contributed by atoms with Crippen LogP contribution in [0.1, 0.15) is 12.8 Å². The topological polar surface area (TPSA) is 113 Å². The molecule has 8 nitrogen and oxygen atoms in total. The Morgan fingerprint density at radius 3 is 2.57 bits per heavy atom. The first kappa shape index (κ1) is 14.9. The van der Waals surface area contributed by atoms with Gasteiger partial charge in [-0.25, -0.2) is 0 Å². The SMILES string of the molecule is O=C(O)CCC1NC(=S)N(c2ccc([N+](=O)[O-])cc2)C1=O. The Bertz CT molecular complexity index is 616. The Morgan fingerprint density at radius 2 is 2.05 bits per heavy atom. The van der Waals surface area contributed by atoms with E-state index < -0.39 is 16.9 Å². The van der Waals surface area contributed by atoms with Gasteiger partial charge in [0.2, 0.25) is 0 Å². The summed E-state index contributed by atoms with van der Waals surface area (Å²) in [4.78, 5) is 34.0. The Labute approximate surface area is 124 Å². The first-order valence-electron chi connectivity index (χ1n) is 6.01. The number of nitro groups is 1. The molecule has 2 rings (SSSR count). The van der Waals surface area contributed by atoms with Crippen LogP contribution in [0.15, 0.2) is 24.3 Å². The number of benzene rings is 1. The molecule has 1 aliphatic rings. The van der Waals surface area contributed by atoms with Crippen LogP contribution in [0.5, 0.6) is 0 Å². The fourth-order valence-electron chi connectivity index (χ4n) is 1.96. The minimum atomic E-state index is -0.996. The maximum Gasteiger partial charge on any atom is 0.303 e. The van der Waals surface area contributed by atoms with Crippen LogP contribution in [0.3, 0.4) is 0 Å². The summed E-state index contributed by atoms with van der Waals surface area (Å²) in [6, 6.07) is 4.70. The van der Waals surface area contributed by atoms with Crippen LogP contribution in [-0.2, 0) is 9.59 Å². The molecular weight excluding hydrogens is 298 g/mol. The zero-order valence-corrected chi connectivity index (χ0v) is 11.5. The van der Waals surface area contributed by atoms with Gasteiger partial charge in [-0.1, -0.05) is 0 Å². The maximum absolute atomic E-state index is 12.2. The van der Waals surface area contributed by atoms with Crippen molar-refractivity contribution < 1.29 is 19.6 Å². The highest BCUT2D eigenvalue weighted by atomic mass is 32.1. The minimum absolute atomic E-state index is 0.0910. The second kappa shape index (κ2) is 5.83. The van der Waals surface area contributed by atoms with Gasteiger partial charge in [0.05, 0.1) is 10.6 Å². The Kier molecular flexibility index (Phi) is 4.13. The van der Waals surface area contributed by atoms with Crippen LogP contribution in [0.2, 0.25) is 0 Å². The number of hydrogen-bond donors (Lipinski definition) is 2. The molecule has 2 N–H and O–H groups in total. The fraction of sp³-hybridized carbons (Fsp3) is 0.250. The summed E-state index contributed by atoms with van der Waals surface area (Å²) >= 11 is 5.05. The summed E-state index contributed by atoms with van der Waals surface area (Å²) in [5, 5.41) is 22.1. The van der Waals surface area contributed by atoms with E-state index in [1.165, 1.54) is 29.2 Å². The van der Waals surface area contributed by atoms with Crippen molar-refractivity contribution in [3.8, 4) is 0 Å². The molecule has 0 aliphatic carbocycles. The van der Waals surface area contributed by atoms with Gasteiger partial charge in [0.1, 0.15) is 6.04 Å². The van der Waals surface area contributed by atoms with Crippen LogP contribution < -0.4 is 10.2 Å². The average molecular weight is 309 g/mol. The van der Waals surface area contributed by atoms with Crippen molar-refractivity contribution in [3.63, 3.8) is 0 Å². The number of nitro benzene ring substituents is 1. The number of non-ortho nitro benzene ring substituents is 1. The Hall–Kier alpha value is -2.55. The molecule has 1 amide bonds. The number of aliphatic carboxylic acids is 1. The van der Waals surface area contributed by atoms with E-state index >= 15 is 0 Å². The zero-order chi connectivity index (χ0) is 15.6. The normalized spacial score (nSPS) is 17.7. The summed E-state index contributed by atoms with van der Waals surface area (Å²) < 4.78 is 0. The smallest absolute Gasteiger partial charge is 0.303 e. The predicted molar refractivity (Wildman–Crippen MR) is 77.0 cm³/mol. The molecule has 0 radical (unpaired) electrons. The van der Waals surface area contributed by atoms with Gasteiger partial charge >= 0.3 is 5.97 Å². The van der Waals surface area contributed by atoms with Crippen LogP contribution in [0.25, 0.3) is 0 Å². The molecule has 9 heteroatoms. The molecule has 1 unspecified atom stereocenters. The number of amides is 1. The lowest BCUT2D eigenvalue weighted by molar-refractivity contribution is -0.384. The lowest BCUT2D eigenvalue weighted by Crippen LogP contribution is -2.31. The first-order chi connectivity index (χ1) is 9.90. The summed E-state index contributed by atoms with van der Waals surface area (Å²) in [6.45, 7) is 0. The number of carbonyl (C=O) groups is 2. The molecule has 1 aromatic carbocycles. The average Bonchev–Trinajstić information content (AvgIpc) is 2.71. The van der Waals surface area contributed by atoms with Crippen LogP contribution in [0.4, 0.5) is 11.4 Å². The second-order valence-electron chi connectivity index (χ2n) is 4.38. The van der Waals surface area contributed by atoms with Gasteiger partial charge in [-0.3, -0.25) is 24.6 Å². The molecule has 1 fully saturated rings. The standard InChI is InChI=1S/C12H11N3O5S/c16-10(17)6-5-9-11(18)14(12(21)13-9)7-1-3-8(4-2-7)15(19)20/h1-4,9H,5-6H2,(H,13,21)(H,16,17). The van der Waals surface area contributed by atoms with Crippen LogP contribution in [-0.4, -0.2) is 33.1 Å². The van der Waals surface area contributed by atoms with Crippen molar-refractivity contribution in [3.05, 3.63) is 34.4 Å². The highest BCUT2D eigenvalue weighted by Gasteiger charge is 2.36. The molecule has 1 heterocycles. The van der Waals surface area contributed by atoms with E-state index in [0.717, 1.165) is 0 Å². The number of nitrogens with zero attached hydrogens (tertiary/aromatic N) is 2. The van der Waals surface area contributed by atoms with Crippen LogP contribution in [0, 0.1) is 10.1 Å². The molecule has 0 bridgehead atoms. The molecule has 21 heavy (non-hydrogen) atoms. The van der Waals surface area contributed by atoms with Gasteiger partial charge in [0.25, 0.3) is 11.6 Å². The molecule has 0 saturated carbocycles. The van der Waals surface area contributed by atoms with Gasteiger partial charge < -0.3 is 10.4 Å².